The molecule has 0 bridgehead atoms. The van der Waals surface area contributed by atoms with Gasteiger partial charge in [-0.05, 0) is 18.2 Å². The number of nitrogens with zero attached hydrogens (tertiary/aromatic N) is 1. The lowest BCUT2D eigenvalue weighted by Crippen LogP contribution is -2.44. The molecule has 3 nitrogen and oxygen atoms in total. The molecule has 0 atom stereocenters. The standard InChI is InChI=1S/C12H17N2O/c1-2-4-12(5-3-1)15-11-10-14-8-6-13-7-9-14/h1-2,4-5,13H,6-11H2. The third kappa shape index (κ3) is 3.53. The van der Waals surface area contributed by atoms with Crippen molar-refractivity contribution in [1.82, 2.24) is 10.2 Å². The van der Waals surface area contributed by atoms with E-state index in [1.54, 1.807) is 0 Å². The Morgan fingerprint density at radius 3 is 3.00 bits per heavy atom. The molecule has 3 heteroatoms. The van der Waals surface area contributed by atoms with Crippen LogP contribution in [-0.2, 0) is 0 Å². The summed E-state index contributed by atoms with van der Waals surface area (Å²) in [4.78, 5) is 2.42. The van der Waals surface area contributed by atoms with Gasteiger partial charge in [-0.1, -0.05) is 12.1 Å². The molecule has 0 spiro atoms. The Bertz CT molecular complexity index is 270. The van der Waals surface area contributed by atoms with Gasteiger partial charge in [-0.2, -0.15) is 0 Å². The summed E-state index contributed by atoms with van der Waals surface area (Å²) in [5.41, 5.74) is 0. The number of piperazine rings is 1. The summed E-state index contributed by atoms with van der Waals surface area (Å²) in [5.74, 6) is 0.910. The minimum atomic E-state index is 0.762. The molecule has 1 aliphatic rings. The van der Waals surface area contributed by atoms with E-state index in [2.05, 4.69) is 16.3 Å². The van der Waals surface area contributed by atoms with Crippen molar-refractivity contribution in [3.05, 3.63) is 30.3 Å². The van der Waals surface area contributed by atoms with Gasteiger partial charge >= 0.3 is 0 Å². The first kappa shape index (κ1) is 10.5. The highest BCUT2D eigenvalue weighted by Crippen LogP contribution is 2.07. The second kappa shape index (κ2) is 5.73. The van der Waals surface area contributed by atoms with Crippen LogP contribution >= 0.6 is 0 Å². The number of rotatable bonds is 4. The van der Waals surface area contributed by atoms with Crippen molar-refractivity contribution in [2.45, 2.75) is 0 Å². The number of ether oxygens (including phenoxy) is 1. The smallest absolute Gasteiger partial charge is 0.119 e. The Kier molecular flexibility index (Phi) is 4.00. The van der Waals surface area contributed by atoms with Gasteiger partial charge in [-0.3, -0.25) is 4.90 Å². The van der Waals surface area contributed by atoms with Crippen LogP contribution in [0.25, 0.3) is 0 Å². The molecule has 1 saturated heterocycles. The van der Waals surface area contributed by atoms with E-state index in [-0.39, 0.29) is 0 Å². The van der Waals surface area contributed by atoms with Gasteiger partial charge in [0.05, 0.1) is 0 Å². The number of hydrogen-bond donors (Lipinski definition) is 1. The summed E-state index contributed by atoms with van der Waals surface area (Å²) in [6.45, 7) is 6.22. The predicted octanol–water partition coefficient (Wildman–Crippen LogP) is 0.771. The van der Waals surface area contributed by atoms with E-state index < -0.39 is 0 Å². The highest BCUT2D eigenvalue weighted by Gasteiger charge is 2.08. The molecule has 0 amide bonds. The van der Waals surface area contributed by atoms with Gasteiger partial charge in [0.2, 0.25) is 0 Å². The molecule has 1 radical (unpaired) electrons. The van der Waals surface area contributed by atoms with Gasteiger partial charge in [-0.25, -0.2) is 0 Å². The van der Waals surface area contributed by atoms with Crippen molar-refractivity contribution >= 4 is 0 Å². The first-order chi connectivity index (χ1) is 7.45. The van der Waals surface area contributed by atoms with Crippen LogP contribution in [0.15, 0.2) is 24.3 Å². The highest BCUT2D eigenvalue weighted by molar-refractivity contribution is 5.19. The summed E-state index contributed by atoms with van der Waals surface area (Å²) in [6.07, 6.45) is 0. The molecular formula is C12H17N2O. The van der Waals surface area contributed by atoms with Gasteiger partial charge in [0, 0.05) is 32.7 Å². The molecule has 0 aliphatic carbocycles. The largest absolute Gasteiger partial charge is 0.492 e. The number of hydrogen-bond acceptors (Lipinski definition) is 3. The predicted molar refractivity (Wildman–Crippen MR) is 60.1 cm³/mol. The Morgan fingerprint density at radius 1 is 1.40 bits per heavy atom. The average molecular weight is 205 g/mol. The molecule has 0 saturated carbocycles. The molecule has 1 aromatic carbocycles. The average Bonchev–Trinajstić information content (AvgIpc) is 2.32. The highest BCUT2D eigenvalue weighted by atomic mass is 16.5. The Morgan fingerprint density at radius 2 is 2.27 bits per heavy atom. The normalized spacial score (nSPS) is 17.6. The van der Waals surface area contributed by atoms with E-state index in [9.17, 15) is 0 Å². The van der Waals surface area contributed by atoms with Gasteiger partial charge in [-0.15, -0.1) is 0 Å². The Labute approximate surface area is 91.0 Å². The van der Waals surface area contributed by atoms with E-state index in [4.69, 9.17) is 4.74 Å². The topological polar surface area (TPSA) is 24.5 Å². The third-order valence-electron chi connectivity index (χ3n) is 2.56. The monoisotopic (exact) mass is 205 g/mol. The van der Waals surface area contributed by atoms with E-state index in [0.717, 1.165) is 45.1 Å². The summed E-state index contributed by atoms with van der Waals surface area (Å²) >= 11 is 0. The fourth-order valence-electron chi connectivity index (χ4n) is 1.69. The quantitative estimate of drug-likeness (QED) is 0.786. The van der Waals surface area contributed by atoms with Crippen molar-refractivity contribution < 1.29 is 4.74 Å². The van der Waals surface area contributed by atoms with E-state index >= 15 is 0 Å². The van der Waals surface area contributed by atoms with Crippen molar-refractivity contribution in [2.75, 3.05) is 39.3 Å². The van der Waals surface area contributed by atoms with Crippen LogP contribution in [0.1, 0.15) is 0 Å². The molecule has 1 heterocycles. The molecule has 1 aliphatic heterocycles. The first-order valence-electron chi connectivity index (χ1n) is 5.47. The molecule has 1 fully saturated rings. The van der Waals surface area contributed by atoms with Crippen LogP contribution in [0.3, 0.4) is 0 Å². The third-order valence-corrected chi connectivity index (χ3v) is 2.56. The van der Waals surface area contributed by atoms with Crippen LogP contribution < -0.4 is 10.1 Å². The summed E-state index contributed by atoms with van der Waals surface area (Å²) in [5, 5.41) is 3.34. The van der Waals surface area contributed by atoms with Gasteiger partial charge in [0.1, 0.15) is 12.4 Å². The summed E-state index contributed by atoms with van der Waals surface area (Å²) in [7, 11) is 0. The fourth-order valence-corrected chi connectivity index (χ4v) is 1.69. The number of benzene rings is 1. The zero-order valence-corrected chi connectivity index (χ0v) is 8.91. The molecule has 2 rings (SSSR count). The second-order valence-corrected chi connectivity index (χ2v) is 3.68. The Hall–Kier alpha value is -1.06. The maximum Gasteiger partial charge on any atom is 0.119 e. The van der Waals surface area contributed by atoms with Crippen LogP contribution in [0.5, 0.6) is 5.75 Å². The summed E-state index contributed by atoms with van der Waals surface area (Å²) in [6, 6.07) is 10.7. The molecule has 0 aromatic heterocycles. The van der Waals surface area contributed by atoms with Crippen LogP contribution in [-0.4, -0.2) is 44.2 Å². The maximum atomic E-state index is 5.62. The zero-order valence-electron chi connectivity index (χ0n) is 8.91. The zero-order chi connectivity index (χ0) is 10.3. The second-order valence-electron chi connectivity index (χ2n) is 3.68. The Balaban J connectivity index is 1.66. The molecule has 81 valence electrons. The maximum absolute atomic E-state index is 5.62. The van der Waals surface area contributed by atoms with E-state index in [1.165, 1.54) is 0 Å². The van der Waals surface area contributed by atoms with E-state index in [1.807, 2.05) is 24.3 Å². The van der Waals surface area contributed by atoms with Crippen molar-refractivity contribution in [3.63, 3.8) is 0 Å². The fraction of sp³-hybridized carbons (Fsp3) is 0.500. The van der Waals surface area contributed by atoms with Crippen LogP contribution in [0, 0.1) is 6.07 Å². The summed E-state index contributed by atoms with van der Waals surface area (Å²) < 4.78 is 5.62. The van der Waals surface area contributed by atoms with Crippen molar-refractivity contribution in [1.29, 1.82) is 0 Å². The molecule has 0 unspecified atom stereocenters. The first-order valence-corrected chi connectivity index (χ1v) is 5.47. The van der Waals surface area contributed by atoms with Gasteiger partial charge in [0.25, 0.3) is 0 Å². The molecule has 15 heavy (non-hydrogen) atoms. The van der Waals surface area contributed by atoms with Crippen molar-refractivity contribution in [3.8, 4) is 5.75 Å². The lowest BCUT2D eigenvalue weighted by molar-refractivity contribution is 0.191. The molecule has 1 N–H and O–H groups in total. The van der Waals surface area contributed by atoms with Gasteiger partial charge < -0.3 is 10.1 Å². The van der Waals surface area contributed by atoms with Crippen molar-refractivity contribution in [2.24, 2.45) is 0 Å². The SMILES string of the molecule is [c]1cccc(OCCN2CCNCC2)c1. The van der Waals surface area contributed by atoms with E-state index in [0.29, 0.717) is 0 Å². The molecular weight excluding hydrogens is 188 g/mol. The lowest BCUT2D eigenvalue weighted by Gasteiger charge is -2.26. The van der Waals surface area contributed by atoms with Gasteiger partial charge in [0.15, 0.2) is 0 Å². The van der Waals surface area contributed by atoms with Crippen LogP contribution in [0.2, 0.25) is 0 Å². The molecule has 1 aromatic rings. The minimum absolute atomic E-state index is 0.762. The minimum Gasteiger partial charge on any atom is -0.492 e. The lowest BCUT2D eigenvalue weighted by atomic mass is 10.3. The van der Waals surface area contributed by atoms with Crippen LogP contribution in [0.4, 0.5) is 0 Å². The number of nitrogens with one attached hydrogen (secondary N) is 1.